The number of unbranched alkanes of at least 4 members (excludes halogenated alkanes) is 4. The number of nitrogens with one attached hydrogen (secondary N) is 1. The van der Waals surface area contributed by atoms with E-state index in [-0.39, 0.29) is 12.5 Å². The molecular weight excluding hydrogens is 228 g/mol. The highest BCUT2D eigenvalue weighted by Crippen LogP contribution is 2.04. The van der Waals surface area contributed by atoms with E-state index in [1.165, 1.54) is 25.7 Å². The average Bonchev–Trinajstić information content (AvgIpc) is 2.35. The molecule has 0 aromatic carbocycles. The van der Waals surface area contributed by atoms with Crippen LogP contribution in [0.25, 0.3) is 0 Å². The smallest absolute Gasteiger partial charge is 0.219 e. The van der Waals surface area contributed by atoms with Crippen molar-refractivity contribution in [1.29, 1.82) is 0 Å². The largest absolute Gasteiger partial charge is 0.395 e. The quantitative estimate of drug-likeness (QED) is 0.525. The van der Waals surface area contributed by atoms with Crippen LogP contribution in [0.4, 0.5) is 0 Å². The maximum atomic E-state index is 11.5. The summed E-state index contributed by atoms with van der Waals surface area (Å²) in [6, 6.07) is 0. The fraction of sp³-hybridized carbons (Fsp3) is 0.929. The van der Waals surface area contributed by atoms with Crippen LogP contribution >= 0.6 is 0 Å². The Bertz CT molecular complexity index is 198. The van der Waals surface area contributed by atoms with Gasteiger partial charge in [0.1, 0.15) is 0 Å². The summed E-state index contributed by atoms with van der Waals surface area (Å²) >= 11 is 0. The molecule has 0 radical (unpaired) electrons. The van der Waals surface area contributed by atoms with Crippen LogP contribution in [0, 0.1) is 0 Å². The van der Waals surface area contributed by atoms with Crippen molar-refractivity contribution in [1.82, 2.24) is 10.2 Å². The first-order chi connectivity index (χ1) is 8.70. The van der Waals surface area contributed by atoms with E-state index in [0.717, 1.165) is 25.9 Å². The summed E-state index contributed by atoms with van der Waals surface area (Å²) in [5.41, 5.74) is 0. The molecule has 0 aromatic rings. The summed E-state index contributed by atoms with van der Waals surface area (Å²) in [6.45, 7) is 4.74. The fourth-order valence-corrected chi connectivity index (χ4v) is 1.84. The molecule has 0 aliphatic heterocycles. The molecule has 0 aromatic heterocycles. The molecule has 1 amide bonds. The van der Waals surface area contributed by atoms with Gasteiger partial charge in [-0.05, 0) is 26.4 Å². The molecule has 0 saturated carbocycles. The second-order valence-electron chi connectivity index (χ2n) is 4.89. The van der Waals surface area contributed by atoms with Gasteiger partial charge in [-0.2, -0.15) is 0 Å². The van der Waals surface area contributed by atoms with Crippen molar-refractivity contribution in [3.8, 4) is 0 Å². The van der Waals surface area contributed by atoms with Crippen molar-refractivity contribution in [2.24, 2.45) is 0 Å². The number of carbonyl (C=O) groups excluding carboxylic acids is 1. The molecule has 4 heteroatoms. The third-order valence-corrected chi connectivity index (χ3v) is 3.03. The van der Waals surface area contributed by atoms with Gasteiger partial charge < -0.3 is 15.3 Å². The molecule has 0 bridgehead atoms. The lowest BCUT2D eigenvalue weighted by Gasteiger charge is -2.14. The molecular formula is C14H30N2O2. The maximum absolute atomic E-state index is 11.5. The predicted octanol–water partition coefficient (Wildman–Crippen LogP) is 1.78. The van der Waals surface area contributed by atoms with E-state index in [4.69, 9.17) is 5.11 Å². The highest BCUT2D eigenvalue weighted by Gasteiger charge is 2.01. The van der Waals surface area contributed by atoms with Gasteiger partial charge in [0.05, 0.1) is 6.61 Å². The highest BCUT2D eigenvalue weighted by atomic mass is 16.3. The van der Waals surface area contributed by atoms with Gasteiger partial charge in [0.2, 0.25) is 5.91 Å². The van der Waals surface area contributed by atoms with E-state index in [1.54, 1.807) is 0 Å². The van der Waals surface area contributed by atoms with Crippen LogP contribution in [-0.2, 0) is 4.79 Å². The van der Waals surface area contributed by atoms with E-state index >= 15 is 0 Å². The highest BCUT2D eigenvalue weighted by molar-refractivity contribution is 5.75. The van der Waals surface area contributed by atoms with E-state index in [2.05, 4.69) is 17.1 Å². The van der Waals surface area contributed by atoms with Crippen LogP contribution in [0.5, 0.6) is 0 Å². The number of aliphatic hydroxyl groups is 1. The van der Waals surface area contributed by atoms with Gasteiger partial charge in [-0.1, -0.05) is 32.6 Å². The Morgan fingerprint density at radius 1 is 1.11 bits per heavy atom. The third-order valence-electron chi connectivity index (χ3n) is 3.03. The molecule has 0 fully saturated rings. The SMILES string of the molecule is CCCCCCCC(=O)NCCCN(C)CCO. The lowest BCUT2D eigenvalue weighted by atomic mass is 10.1. The van der Waals surface area contributed by atoms with Crippen molar-refractivity contribution < 1.29 is 9.90 Å². The van der Waals surface area contributed by atoms with Crippen molar-refractivity contribution in [3.63, 3.8) is 0 Å². The normalized spacial score (nSPS) is 10.9. The number of hydrogen-bond donors (Lipinski definition) is 2. The van der Waals surface area contributed by atoms with Crippen LogP contribution in [0.3, 0.4) is 0 Å². The van der Waals surface area contributed by atoms with Crippen LogP contribution in [0.1, 0.15) is 51.9 Å². The third kappa shape index (κ3) is 11.9. The summed E-state index contributed by atoms with van der Waals surface area (Å²) in [5.74, 6) is 0.177. The zero-order valence-corrected chi connectivity index (χ0v) is 12.1. The van der Waals surface area contributed by atoms with Gasteiger partial charge in [0.25, 0.3) is 0 Å². The number of likely N-dealkylation sites (N-methyl/N-ethyl adjacent to an activating group) is 1. The van der Waals surface area contributed by atoms with E-state index in [9.17, 15) is 4.79 Å². The molecule has 0 aliphatic carbocycles. The Morgan fingerprint density at radius 3 is 2.50 bits per heavy atom. The Labute approximate surface area is 112 Å². The Balaban J connectivity index is 3.26. The van der Waals surface area contributed by atoms with Crippen molar-refractivity contribution in [3.05, 3.63) is 0 Å². The summed E-state index contributed by atoms with van der Waals surface area (Å²) < 4.78 is 0. The molecule has 108 valence electrons. The van der Waals surface area contributed by atoms with Gasteiger partial charge >= 0.3 is 0 Å². The minimum Gasteiger partial charge on any atom is -0.395 e. The second kappa shape index (κ2) is 12.8. The molecule has 0 atom stereocenters. The Kier molecular flexibility index (Phi) is 12.4. The van der Waals surface area contributed by atoms with Gasteiger partial charge in [-0.3, -0.25) is 4.79 Å². The summed E-state index contributed by atoms with van der Waals surface area (Å²) in [6.07, 6.45) is 7.55. The first-order valence-electron chi connectivity index (χ1n) is 7.26. The van der Waals surface area contributed by atoms with Gasteiger partial charge in [0.15, 0.2) is 0 Å². The molecule has 0 aliphatic rings. The number of nitrogens with zero attached hydrogens (tertiary/aromatic N) is 1. The number of rotatable bonds is 12. The van der Waals surface area contributed by atoms with Crippen LogP contribution in [0.2, 0.25) is 0 Å². The van der Waals surface area contributed by atoms with Crippen LogP contribution < -0.4 is 5.32 Å². The number of amides is 1. The van der Waals surface area contributed by atoms with E-state index in [0.29, 0.717) is 13.0 Å². The molecule has 0 saturated heterocycles. The molecule has 0 spiro atoms. The van der Waals surface area contributed by atoms with Crippen molar-refractivity contribution >= 4 is 5.91 Å². The number of carbonyl (C=O) groups is 1. The van der Waals surface area contributed by atoms with E-state index in [1.807, 2.05) is 7.05 Å². The van der Waals surface area contributed by atoms with Crippen LogP contribution in [-0.4, -0.2) is 49.2 Å². The minimum absolute atomic E-state index is 0.177. The molecule has 0 unspecified atom stereocenters. The standard InChI is InChI=1S/C14H30N2O2/c1-3-4-5-6-7-9-14(18)15-10-8-11-16(2)12-13-17/h17H,3-13H2,1-2H3,(H,15,18). The summed E-state index contributed by atoms with van der Waals surface area (Å²) in [4.78, 5) is 13.5. The molecule has 0 rings (SSSR count). The predicted molar refractivity (Wildman–Crippen MR) is 75.6 cm³/mol. The first kappa shape index (κ1) is 17.4. The molecule has 0 heterocycles. The molecule has 2 N–H and O–H groups in total. The fourth-order valence-electron chi connectivity index (χ4n) is 1.84. The average molecular weight is 258 g/mol. The summed E-state index contributed by atoms with van der Waals surface area (Å²) in [7, 11) is 1.98. The summed E-state index contributed by atoms with van der Waals surface area (Å²) in [5, 5.41) is 11.7. The Morgan fingerprint density at radius 2 is 1.83 bits per heavy atom. The second-order valence-corrected chi connectivity index (χ2v) is 4.89. The Hall–Kier alpha value is -0.610. The molecule has 4 nitrogen and oxygen atoms in total. The monoisotopic (exact) mass is 258 g/mol. The zero-order chi connectivity index (χ0) is 13.6. The van der Waals surface area contributed by atoms with Gasteiger partial charge in [-0.15, -0.1) is 0 Å². The zero-order valence-electron chi connectivity index (χ0n) is 12.1. The topological polar surface area (TPSA) is 52.6 Å². The molecule has 18 heavy (non-hydrogen) atoms. The van der Waals surface area contributed by atoms with Crippen LogP contribution in [0.15, 0.2) is 0 Å². The van der Waals surface area contributed by atoms with Crippen molar-refractivity contribution in [2.45, 2.75) is 51.9 Å². The lowest BCUT2D eigenvalue weighted by molar-refractivity contribution is -0.121. The maximum Gasteiger partial charge on any atom is 0.219 e. The van der Waals surface area contributed by atoms with Gasteiger partial charge in [-0.25, -0.2) is 0 Å². The van der Waals surface area contributed by atoms with Crippen molar-refractivity contribution in [2.75, 3.05) is 33.3 Å². The van der Waals surface area contributed by atoms with Gasteiger partial charge in [0, 0.05) is 19.5 Å². The first-order valence-corrected chi connectivity index (χ1v) is 7.26. The van der Waals surface area contributed by atoms with E-state index < -0.39 is 0 Å². The lowest BCUT2D eigenvalue weighted by Crippen LogP contribution is -2.29. The number of hydrogen-bond acceptors (Lipinski definition) is 3. The minimum atomic E-state index is 0.177. The number of aliphatic hydroxyl groups excluding tert-OH is 1.